The lowest BCUT2D eigenvalue weighted by Crippen LogP contribution is -3.12. The first-order chi connectivity index (χ1) is 10.8. The number of nitrogens with one attached hydrogen (secondary N) is 1. The highest BCUT2D eigenvalue weighted by Gasteiger charge is 2.48. The van der Waals surface area contributed by atoms with Gasteiger partial charge in [0.05, 0.1) is 13.1 Å². The van der Waals surface area contributed by atoms with Crippen molar-refractivity contribution in [2.75, 3.05) is 13.1 Å². The van der Waals surface area contributed by atoms with E-state index in [0.29, 0.717) is 6.04 Å². The molecule has 1 fully saturated rings. The molecule has 4 rings (SSSR count). The van der Waals surface area contributed by atoms with E-state index < -0.39 is 0 Å². The van der Waals surface area contributed by atoms with Crippen molar-refractivity contribution in [3.8, 4) is 0 Å². The molecule has 0 aliphatic carbocycles. The summed E-state index contributed by atoms with van der Waals surface area (Å²) in [7, 11) is 0. The smallest absolute Gasteiger partial charge is 0.224 e. The van der Waals surface area contributed by atoms with Gasteiger partial charge in [0, 0.05) is 24.5 Å². The van der Waals surface area contributed by atoms with Crippen molar-refractivity contribution in [2.24, 2.45) is 0 Å². The number of amides is 1. The van der Waals surface area contributed by atoms with Crippen LogP contribution in [0.1, 0.15) is 35.8 Å². The lowest BCUT2D eigenvalue weighted by Gasteiger charge is -2.32. The fraction of sp³-hybridized carbons (Fsp3) is 0.316. The molecule has 2 aromatic carbocycles. The molecule has 2 aliphatic rings. The summed E-state index contributed by atoms with van der Waals surface area (Å²) in [5.74, 6) is 0.174. The third-order valence-electron chi connectivity index (χ3n) is 5.12. The van der Waals surface area contributed by atoms with Gasteiger partial charge in [0.1, 0.15) is 6.04 Å². The maximum absolute atomic E-state index is 12.2. The Bertz CT molecular complexity index is 698. The van der Waals surface area contributed by atoms with Gasteiger partial charge in [-0.1, -0.05) is 54.6 Å². The van der Waals surface area contributed by atoms with Gasteiger partial charge in [-0.15, -0.1) is 0 Å². The second kappa shape index (κ2) is 5.25. The molecule has 22 heavy (non-hydrogen) atoms. The van der Waals surface area contributed by atoms with Gasteiger partial charge < -0.3 is 4.90 Å². The molecule has 0 saturated carbocycles. The van der Waals surface area contributed by atoms with Gasteiger partial charge in [-0.25, -0.2) is 0 Å². The third-order valence-corrected chi connectivity index (χ3v) is 5.12. The van der Waals surface area contributed by atoms with Gasteiger partial charge >= 0.3 is 0 Å². The number of carbonyl (C=O) groups excluding carboxylic acids is 1. The highest BCUT2D eigenvalue weighted by Crippen LogP contribution is 2.30. The van der Waals surface area contributed by atoms with Crippen molar-refractivity contribution in [1.82, 2.24) is 4.90 Å². The molecular formula is C19H21N2O+. The topological polar surface area (TPSA) is 24.8 Å². The lowest BCUT2D eigenvalue weighted by molar-refractivity contribution is -0.954. The Hall–Kier alpha value is -2.13. The minimum Gasteiger partial charge on any atom is -0.303 e. The van der Waals surface area contributed by atoms with Crippen molar-refractivity contribution < 1.29 is 9.69 Å². The summed E-state index contributed by atoms with van der Waals surface area (Å²) >= 11 is 0. The second-order valence-corrected chi connectivity index (χ2v) is 6.31. The van der Waals surface area contributed by atoms with Crippen molar-refractivity contribution in [1.29, 1.82) is 0 Å². The molecule has 2 aromatic rings. The molecule has 112 valence electrons. The van der Waals surface area contributed by atoms with Gasteiger partial charge in [-0.2, -0.15) is 0 Å². The van der Waals surface area contributed by atoms with Gasteiger partial charge in [0.25, 0.3) is 0 Å². The molecule has 2 aliphatic heterocycles. The van der Waals surface area contributed by atoms with Crippen molar-refractivity contribution in [3.05, 3.63) is 71.3 Å². The van der Waals surface area contributed by atoms with E-state index in [0.717, 1.165) is 19.5 Å². The number of nitrogens with zero attached hydrogens (tertiary/aromatic N) is 1. The number of hydrogen-bond donors (Lipinski definition) is 1. The van der Waals surface area contributed by atoms with E-state index in [4.69, 9.17) is 0 Å². The highest BCUT2D eigenvalue weighted by molar-refractivity contribution is 5.74. The van der Waals surface area contributed by atoms with Crippen LogP contribution >= 0.6 is 0 Å². The first-order valence-electron chi connectivity index (χ1n) is 8.01. The van der Waals surface area contributed by atoms with Crippen LogP contribution in [0.15, 0.2) is 54.6 Å². The number of hydrogen-bond acceptors (Lipinski definition) is 1. The normalized spacial score (nSPS) is 26.4. The lowest BCUT2D eigenvalue weighted by atomic mass is 9.93. The number of fused-ring (bicyclic) bond motifs is 3. The highest BCUT2D eigenvalue weighted by atomic mass is 16.2. The van der Waals surface area contributed by atoms with Gasteiger partial charge in [0.2, 0.25) is 5.91 Å². The van der Waals surface area contributed by atoms with Crippen LogP contribution in [-0.2, 0) is 11.2 Å². The molecule has 1 amide bonds. The summed E-state index contributed by atoms with van der Waals surface area (Å²) in [4.78, 5) is 15.8. The molecule has 0 spiro atoms. The number of quaternary nitrogens is 1. The van der Waals surface area contributed by atoms with Crippen LogP contribution in [0.3, 0.4) is 0 Å². The SMILES string of the molecule is CC(=O)N1C[C@@H]2c3ccccc3CC[NH+]2[C@@H]1c1ccccc1. The molecule has 0 aromatic heterocycles. The number of benzene rings is 2. The molecule has 0 radical (unpaired) electrons. The maximum atomic E-state index is 12.2. The maximum Gasteiger partial charge on any atom is 0.224 e. The average molecular weight is 293 g/mol. The van der Waals surface area contributed by atoms with E-state index in [2.05, 4.69) is 53.4 Å². The molecule has 3 atom stereocenters. The summed E-state index contributed by atoms with van der Waals surface area (Å²) in [5.41, 5.74) is 4.12. The molecule has 1 saturated heterocycles. The second-order valence-electron chi connectivity index (χ2n) is 6.31. The van der Waals surface area contributed by atoms with E-state index in [9.17, 15) is 4.79 Å². The monoisotopic (exact) mass is 293 g/mol. The summed E-state index contributed by atoms with van der Waals surface area (Å²) < 4.78 is 0. The minimum absolute atomic E-state index is 0.150. The Balaban J connectivity index is 1.78. The van der Waals surface area contributed by atoms with Crippen LogP contribution in [-0.4, -0.2) is 23.9 Å². The van der Waals surface area contributed by atoms with Crippen LogP contribution in [0.2, 0.25) is 0 Å². The molecule has 3 nitrogen and oxygen atoms in total. The van der Waals surface area contributed by atoms with Crippen LogP contribution in [0.4, 0.5) is 0 Å². The number of rotatable bonds is 1. The largest absolute Gasteiger partial charge is 0.303 e. The van der Waals surface area contributed by atoms with Crippen LogP contribution < -0.4 is 4.90 Å². The molecule has 3 heteroatoms. The molecule has 0 bridgehead atoms. The first kappa shape index (κ1) is 13.5. The van der Waals surface area contributed by atoms with Crippen LogP contribution in [0.25, 0.3) is 0 Å². The zero-order chi connectivity index (χ0) is 15.1. The molecule has 1 unspecified atom stereocenters. The quantitative estimate of drug-likeness (QED) is 0.851. The molecular weight excluding hydrogens is 272 g/mol. The molecule has 1 N–H and O–H groups in total. The van der Waals surface area contributed by atoms with E-state index in [1.807, 2.05) is 6.07 Å². The van der Waals surface area contributed by atoms with Gasteiger partial charge in [-0.3, -0.25) is 9.69 Å². The summed E-state index contributed by atoms with van der Waals surface area (Å²) in [6, 6.07) is 19.6. The fourth-order valence-corrected chi connectivity index (χ4v) is 4.14. The minimum atomic E-state index is 0.150. The summed E-state index contributed by atoms with van der Waals surface area (Å²) in [5, 5.41) is 0. The average Bonchev–Trinajstić information content (AvgIpc) is 2.96. The Kier molecular flexibility index (Phi) is 3.23. The van der Waals surface area contributed by atoms with Gasteiger partial charge in [0.15, 0.2) is 6.17 Å². The first-order valence-corrected chi connectivity index (χ1v) is 8.01. The van der Waals surface area contributed by atoms with Crippen LogP contribution in [0.5, 0.6) is 0 Å². The third kappa shape index (κ3) is 2.04. The standard InChI is InChI=1S/C19H20N2O/c1-14(22)21-13-18-17-10-6-5-7-15(17)11-12-20(18)19(21)16-8-3-2-4-9-16/h2-10,18-19H,11-13H2,1H3/p+1/t18-,19+/m1/s1. The fourth-order valence-electron chi connectivity index (χ4n) is 4.14. The zero-order valence-corrected chi connectivity index (χ0v) is 12.8. The summed E-state index contributed by atoms with van der Waals surface area (Å²) in [6.07, 6.45) is 1.24. The Labute approximate surface area is 131 Å². The van der Waals surface area contributed by atoms with Crippen molar-refractivity contribution in [2.45, 2.75) is 25.6 Å². The Morgan fingerprint density at radius 1 is 1.09 bits per heavy atom. The Morgan fingerprint density at radius 3 is 2.59 bits per heavy atom. The van der Waals surface area contributed by atoms with Crippen molar-refractivity contribution in [3.63, 3.8) is 0 Å². The van der Waals surface area contributed by atoms with Crippen molar-refractivity contribution >= 4 is 5.91 Å². The van der Waals surface area contributed by atoms with E-state index in [-0.39, 0.29) is 12.1 Å². The van der Waals surface area contributed by atoms with E-state index in [1.165, 1.54) is 21.6 Å². The number of carbonyl (C=O) groups is 1. The predicted octanol–water partition coefficient (Wildman–Crippen LogP) is 1.73. The summed E-state index contributed by atoms with van der Waals surface area (Å²) in [6.45, 7) is 3.60. The Morgan fingerprint density at radius 2 is 1.82 bits per heavy atom. The molecule has 2 heterocycles. The van der Waals surface area contributed by atoms with E-state index in [1.54, 1.807) is 6.92 Å². The van der Waals surface area contributed by atoms with Crippen LogP contribution in [0, 0.1) is 0 Å². The zero-order valence-electron chi connectivity index (χ0n) is 12.8. The predicted molar refractivity (Wildman–Crippen MR) is 85.3 cm³/mol. The van der Waals surface area contributed by atoms with Gasteiger partial charge in [-0.05, 0) is 5.56 Å². The van der Waals surface area contributed by atoms with E-state index >= 15 is 0 Å².